The van der Waals surface area contributed by atoms with Crippen molar-refractivity contribution >= 4 is 5.69 Å². The number of nitro groups is 1. The van der Waals surface area contributed by atoms with E-state index in [4.69, 9.17) is 0 Å². The van der Waals surface area contributed by atoms with Crippen LogP contribution in [0.1, 0.15) is 18.1 Å². The highest BCUT2D eigenvalue weighted by atomic mass is 16.6. The lowest BCUT2D eigenvalue weighted by atomic mass is 10.1. The summed E-state index contributed by atoms with van der Waals surface area (Å²) in [6, 6.07) is 5.71. The van der Waals surface area contributed by atoms with Crippen molar-refractivity contribution in [1.82, 2.24) is 9.80 Å². The molecule has 19 heavy (non-hydrogen) atoms. The molecule has 0 aliphatic carbocycles. The van der Waals surface area contributed by atoms with Crippen LogP contribution in [0.4, 0.5) is 5.69 Å². The molecule has 1 aromatic rings. The number of nitrogens with zero attached hydrogens (tertiary/aromatic N) is 3. The zero-order chi connectivity index (χ0) is 14.0. The molecule has 1 heterocycles. The molecule has 1 aromatic carbocycles. The number of likely N-dealkylation sites (N-methyl/N-ethyl adjacent to an activating group) is 1. The van der Waals surface area contributed by atoms with Gasteiger partial charge in [0.05, 0.1) is 4.92 Å². The van der Waals surface area contributed by atoms with E-state index in [2.05, 4.69) is 23.8 Å². The molecule has 0 unspecified atom stereocenters. The Hall–Kier alpha value is -1.46. The van der Waals surface area contributed by atoms with Crippen molar-refractivity contribution in [2.24, 2.45) is 0 Å². The third kappa shape index (κ3) is 3.30. The summed E-state index contributed by atoms with van der Waals surface area (Å²) in [6.07, 6.45) is 0. The quantitative estimate of drug-likeness (QED) is 0.618. The summed E-state index contributed by atoms with van der Waals surface area (Å²) in [7, 11) is 2.15. The highest BCUT2D eigenvalue weighted by Gasteiger charge is 2.21. The van der Waals surface area contributed by atoms with Gasteiger partial charge in [-0.1, -0.05) is 6.07 Å². The van der Waals surface area contributed by atoms with E-state index in [1.165, 1.54) is 5.56 Å². The number of aryl methyl sites for hydroxylation is 1. The van der Waals surface area contributed by atoms with Gasteiger partial charge in [-0.25, -0.2) is 0 Å². The molecule has 1 aliphatic heterocycles. The molecule has 104 valence electrons. The summed E-state index contributed by atoms with van der Waals surface area (Å²) in [5, 5.41) is 10.7. The van der Waals surface area contributed by atoms with Gasteiger partial charge in [0.2, 0.25) is 0 Å². The molecule has 0 aromatic heterocycles. The molecule has 0 N–H and O–H groups in total. The first kappa shape index (κ1) is 14.0. The summed E-state index contributed by atoms with van der Waals surface area (Å²) in [6.45, 7) is 8.23. The fraction of sp³-hybridized carbons (Fsp3) is 0.571. The molecule has 1 atom stereocenters. The Morgan fingerprint density at radius 2 is 2.16 bits per heavy atom. The van der Waals surface area contributed by atoms with Crippen LogP contribution in [0, 0.1) is 17.0 Å². The van der Waals surface area contributed by atoms with E-state index >= 15 is 0 Å². The van der Waals surface area contributed by atoms with Crippen molar-refractivity contribution in [1.29, 1.82) is 0 Å². The zero-order valence-corrected chi connectivity index (χ0v) is 11.8. The third-order valence-corrected chi connectivity index (χ3v) is 3.97. The number of benzene rings is 1. The predicted molar refractivity (Wildman–Crippen MR) is 75.2 cm³/mol. The first-order valence-corrected chi connectivity index (χ1v) is 6.64. The normalized spacial score (nSPS) is 21.5. The van der Waals surface area contributed by atoms with Crippen molar-refractivity contribution < 1.29 is 4.92 Å². The van der Waals surface area contributed by atoms with Gasteiger partial charge in [0.1, 0.15) is 0 Å². The van der Waals surface area contributed by atoms with Crippen LogP contribution in [0.25, 0.3) is 0 Å². The molecule has 0 amide bonds. The number of piperazine rings is 1. The van der Waals surface area contributed by atoms with E-state index in [1.807, 2.05) is 13.0 Å². The molecular weight excluding hydrogens is 242 g/mol. The van der Waals surface area contributed by atoms with E-state index in [1.54, 1.807) is 12.1 Å². The van der Waals surface area contributed by atoms with Crippen LogP contribution in [0.2, 0.25) is 0 Å². The maximum atomic E-state index is 10.7. The van der Waals surface area contributed by atoms with Gasteiger partial charge >= 0.3 is 0 Å². The van der Waals surface area contributed by atoms with Gasteiger partial charge in [-0.2, -0.15) is 0 Å². The van der Waals surface area contributed by atoms with Crippen LogP contribution in [-0.2, 0) is 6.54 Å². The largest absolute Gasteiger partial charge is 0.301 e. The van der Waals surface area contributed by atoms with Crippen LogP contribution in [0.5, 0.6) is 0 Å². The Morgan fingerprint density at radius 3 is 2.74 bits per heavy atom. The fourth-order valence-corrected chi connectivity index (χ4v) is 2.48. The molecule has 1 aliphatic rings. The molecule has 5 nitrogen and oxygen atoms in total. The van der Waals surface area contributed by atoms with Gasteiger partial charge in [0.15, 0.2) is 0 Å². The topological polar surface area (TPSA) is 49.6 Å². The Morgan fingerprint density at radius 1 is 1.42 bits per heavy atom. The number of non-ortho nitro benzene ring substituents is 1. The van der Waals surface area contributed by atoms with Crippen molar-refractivity contribution in [2.45, 2.75) is 26.4 Å². The number of rotatable bonds is 3. The molecule has 2 rings (SSSR count). The molecular formula is C14H21N3O2. The fourth-order valence-electron chi connectivity index (χ4n) is 2.48. The number of hydrogen-bond donors (Lipinski definition) is 0. The average Bonchev–Trinajstić information content (AvgIpc) is 2.36. The Kier molecular flexibility index (Phi) is 4.17. The summed E-state index contributed by atoms with van der Waals surface area (Å²) < 4.78 is 0. The summed E-state index contributed by atoms with van der Waals surface area (Å²) in [5.74, 6) is 0. The first-order valence-electron chi connectivity index (χ1n) is 6.64. The average molecular weight is 263 g/mol. The van der Waals surface area contributed by atoms with Crippen molar-refractivity contribution in [3.8, 4) is 0 Å². The minimum absolute atomic E-state index is 0.174. The van der Waals surface area contributed by atoms with Gasteiger partial charge in [-0.05, 0) is 32.0 Å². The van der Waals surface area contributed by atoms with Crippen LogP contribution < -0.4 is 0 Å². The summed E-state index contributed by atoms with van der Waals surface area (Å²) >= 11 is 0. The Labute approximate surface area is 114 Å². The monoisotopic (exact) mass is 263 g/mol. The zero-order valence-electron chi connectivity index (χ0n) is 11.8. The third-order valence-electron chi connectivity index (χ3n) is 3.97. The lowest BCUT2D eigenvalue weighted by molar-refractivity contribution is -0.384. The summed E-state index contributed by atoms with van der Waals surface area (Å²) in [4.78, 5) is 15.2. The second-order valence-electron chi connectivity index (χ2n) is 5.43. The number of nitro benzene ring substituents is 1. The highest BCUT2D eigenvalue weighted by Crippen LogP contribution is 2.19. The van der Waals surface area contributed by atoms with Crippen LogP contribution in [0.15, 0.2) is 18.2 Å². The smallest absolute Gasteiger partial charge is 0.269 e. The minimum Gasteiger partial charge on any atom is -0.301 e. The van der Waals surface area contributed by atoms with Gasteiger partial charge in [-0.15, -0.1) is 0 Å². The standard InChI is InChI=1S/C14H21N3O2/c1-11-8-14(17(18)19)5-4-13(11)10-16-7-6-15(3)12(2)9-16/h4-5,8,12H,6-7,9-10H2,1-3H3/t12-/m1/s1. The van der Waals surface area contributed by atoms with Crippen molar-refractivity contribution in [3.05, 3.63) is 39.4 Å². The van der Waals surface area contributed by atoms with Crippen LogP contribution in [-0.4, -0.2) is 47.4 Å². The van der Waals surface area contributed by atoms with Gasteiger partial charge in [-0.3, -0.25) is 15.0 Å². The molecule has 1 fully saturated rings. The van der Waals surface area contributed by atoms with Crippen LogP contribution in [0.3, 0.4) is 0 Å². The van der Waals surface area contributed by atoms with E-state index in [0.717, 1.165) is 31.7 Å². The molecule has 0 radical (unpaired) electrons. The van der Waals surface area contributed by atoms with Crippen LogP contribution >= 0.6 is 0 Å². The maximum absolute atomic E-state index is 10.7. The molecule has 0 spiro atoms. The SMILES string of the molecule is Cc1cc([N+](=O)[O-])ccc1CN1CCN(C)[C@H](C)C1. The lowest BCUT2D eigenvalue weighted by Crippen LogP contribution is -2.49. The second kappa shape index (κ2) is 5.67. The number of hydrogen-bond acceptors (Lipinski definition) is 4. The minimum atomic E-state index is -0.339. The van der Waals surface area contributed by atoms with Gasteiger partial charge in [0.25, 0.3) is 5.69 Å². The van der Waals surface area contributed by atoms with E-state index < -0.39 is 0 Å². The highest BCUT2D eigenvalue weighted by molar-refractivity contribution is 5.39. The molecule has 0 bridgehead atoms. The lowest BCUT2D eigenvalue weighted by Gasteiger charge is -2.37. The Balaban J connectivity index is 2.05. The van der Waals surface area contributed by atoms with E-state index in [9.17, 15) is 10.1 Å². The van der Waals surface area contributed by atoms with Gasteiger partial charge in [0, 0.05) is 44.4 Å². The second-order valence-corrected chi connectivity index (χ2v) is 5.43. The van der Waals surface area contributed by atoms with Crippen molar-refractivity contribution in [3.63, 3.8) is 0 Å². The summed E-state index contributed by atoms with van der Waals surface area (Å²) in [5.41, 5.74) is 2.36. The predicted octanol–water partition coefficient (Wildman–Crippen LogP) is 2.04. The van der Waals surface area contributed by atoms with Crippen molar-refractivity contribution in [2.75, 3.05) is 26.7 Å². The molecule has 0 saturated carbocycles. The molecule has 5 heteroatoms. The Bertz CT molecular complexity index is 476. The first-order chi connectivity index (χ1) is 8.97. The van der Waals surface area contributed by atoms with Gasteiger partial charge < -0.3 is 4.90 Å². The molecule has 1 saturated heterocycles. The van der Waals surface area contributed by atoms with E-state index in [-0.39, 0.29) is 10.6 Å². The maximum Gasteiger partial charge on any atom is 0.269 e. The van der Waals surface area contributed by atoms with E-state index in [0.29, 0.717) is 6.04 Å².